The summed E-state index contributed by atoms with van der Waals surface area (Å²) < 4.78 is 0. The molecule has 2 aromatic rings. The molecule has 0 spiro atoms. The number of nitrogens with zero attached hydrogens (tertiary/aromatic N) is 1. The lowest BCUT2D eigenvalue weighted by Crippen LogP contribution is -2.00. The van der Waals surface area contributed by atoms with E-state index >= 15 is 0 Å². The summed E-state index contributed by atoms with van der Waals surface area (Å²) in [4.78, 5) is 15.6. The first-order valence-corrected chi connectivity index (χ1v) is 6.01. The maximum atomic E-state index is 10.8. The second-order valence-electron chi connectivity index (χ2n) is 4.44. The lowest BCUT2D eigenvalue weighted by Gasteiger charge is -2.05. The van der Waals surface area contributed by atoms with Crippen LogP contribution in [-0.2, 0) is 16.1 Å². The van der Waals surface area contributed by atoms with Crippen LogP contribution < -0.4 is 0 Å². The number of carbonyl (C=O) groups is 1. The van der Waals surface area contributed by atoms with Crippen LogP contribution in [0.4, 0.5) is 0 Å². The van der Waals surface area contributed by atoms with Crippen molar-refractivity contribution in [3.8, 4) is 0 Å². The maximum absolute atomic E-state index is 10.8. The van der Waals surface area contributed by atoms with Crippen molar-refractivity contribution in [2.24, 2.45) is 5.16 Å². The Bertz CT molecular complexity index is 659. The highest BCUT2D eigenvalue weighted by Crippen LogP contribution is 2.30. The van der Waals surface area contributed by atoms with Crippen LogP contribution in [0.2, 0.25) is 0 Å². The quantitative estimate of drug-likeness (QED) is 0.566. The SMILES string of the molecule is CC(=O)O/N=C1\CCc2ccc3ccccc3c21. The summed E-state index contributed by atoms with van der Waals surface area (Å²) in [5.74, 6) is -0.379. The van der Waals surface area contributed by atoms with E-state index in [0.29, 0.717) is 0 Å². The molecule has 0 aliphatic heterocycles. The third-order valence-corrected chi connectivity index (χ3v) is 3.22. The summed E-state index contributed by atoms with van der Waals surface area (Å²) in [5, 5.41) is 6.35. The number of fused-ring (bicyclic) bond motifs is 3. The highest BCUT2D eigenvalue weighted by atomic mass is 16.7. The van der Waals surface area contributed by atoms with Gasteiger partial charge in [-0.2, -0.15) is 0 Å². The minimum absolute atomic E-state index is 0.379. The normalized spacial score (nSPS) is 15.9. The molecule has 0 saturated heterocycles. The van der Waals surface area contributed by atoms with Crippen LogP contribution in [0, 0.1) is 0 Å². The summed E-state index contributed by atoms with van der Waals surface area (Å²) in [7, 11) is 0. The Kier molecular flexibility index (Phi) is 2.59. The van der Waals surface area contributed by atoms with Crippen LogP contribution in [0.25, 0.3) is 10.8 Å². The standard InChI is InChI=1S/C15H13NO2/c1-10(17)18-16-14-9-8-12-7-6-11-4-2-3-5-13(11)15(12)14/h2-7H,8-9H2,1H3/b16-14+. The first kappa shape index (κ1) is 11.0. The summed E-state index contributed by atoms with van der Waals surface area (Å²) in [6.07, 6.45) is 1.79. The smallest absolute Gasteiger partial charge is 0.318 e. The van der Waals surface area contributed by atoms with Crippen LogP contribution in [0.15, 0.2) is 41.6 Å². The molecule has 0 aromatic heterocycles. The molecule has 1 aliphatic rings. The Morgan fingerprint density at radius 1 is 1.17 bits per heavy atom. The average Bonchev–Trinajstić information content (AvgIpc) is 2.80. The molecule has 2 aromatic carbocycles. The van der Waals surface area contributed by atoms with E-state index in [2.05, 4.69) is 29.4 Å². The number of oxime groups is 1. The molecule has 0 heterocycles. The second-order valence-corrected chi connectivity index (χ2v) is 4.44. The summed E-state index contributed by atoms with van der Waals surface area (Å²) in [6.45, 7) is 1.36. The van der Waals surface area contributed by atoms with Gasteiger partial charge in [0.05, 0.1) is 5.71 Å². The van der Waals surface area contributed by atoms with Gasteiger partial charge in [-0.15, -0.1) is 0 Å². The lowest BCUT2D eigenvalue weighted by molar-refractivity contribution is -0.140. The average molecular weight is 239 g/mol. The predicted molar refractivity (Wildman–Crippen MR) is 70.6 cm³/mol. The molecule has 0 N–H and O–H groups in total. The zero-order valence-corrected chi connectivity index (χ0v) is 10.1. The summed E-state index contributed by atoms with van der Waals surface area (Å²) >= 11 is 0. The molecule has 0 unspecified atom stereocenters. The fourth-order valence-electron chi connectivity index (χ4n) is 2.45. The second kappa shape index (κ2) is 4.26. The maximum Gasteiger partial charge on any atom is 0.331 e. The van der Waals surface area contributed by atoms with Gasteiger partial charge in [0.2, 0.25) is 0 Å². The van der Waals surface area contributed by atoms with E-state index in [0.717, 1.165) is 24.1 Å². The van der Waals surface area contributed by atoms with E-state index in [1.54, 1.807) is 0 Å². The van der Waals surface area contributed by atoms with Crippen LogP contribution in [0.1, 0.15) is 24.5 Å². The van der Waals surface area contributed by atoms with Crippen LogP contribution in [0.3, 0.4) is 0 Å². The molecule has 18 heavy (non-hydrogen) atoms. The Labute approximate surface area is 105 Å². The number of hydrogen-bond acceptors (Lipinski definition) is 3. The summed E-state index contributed by atoms with van der Waals surface area (Å²) in [6, 6.07) is 12.5. The first-order chi connectivity index (χ1) is 8.75. The topological polar surface area (TPSA) is 38.7 Å². The van der Waals surface area contributed by atoms with Gasteiger partial charge in [-0.3, -0.25) is 0 Å². The van der Waals surface area contributed by atoms with E-state index in [9.17, 15) is 4.79 Å². The fraction of sp³-hybridized carbons (Fsp3) is 0.200. The third kappa shape index (κ3) is 1.78. The van der Waals surface area contributed by atoms with E-state index < -0.39 is 0 Å². The van der Waals surface area contributed by atoms with E-state index in [1.807, 2.05) is 12.1 Å². The number of rotatable bonds is 1. The van der Waals surface area contributed by atoms with Crippen molar-refractivity contribution in [1.82, 2.24) is 0 Å². The van der Waals surface area contributed by atoms with Gasteiger partial charge in [-0.1, -0.05) is 41.6 Å². The molecule has 0 amide bonds. The van der Waals surface area contributed by atoms with Gasteiger partial charge in [0.25, 0.3) is 0 Å². The van der Waals surface area contributed by atoms with Crippen molar-refractivity contribution in [2.45, 2.75) is 19.8 Å². The first-order valence-electron chi connectivity index (χ1n) is 6.01. The third-order valence-electron chi connectivity index (χ3n) is 3.22. The zero-order valence-electron chi connectivity index (χ0n) is 10.1. The molecule has 3 heteroatoms. The predicted octanol–water partition coefficient (Wildman–Crippen LogP) is 3.05. The van der Waals surface area contributed by atoms with Gasteiger partial charge in [-0.25, -0.2) is 4.79 Å². The van der Waals surface area contributed by atoms with E-state index in [-0.39, 0.29) is 5.97 Å². The number of aryl methyl sites for hydroxylation is 1. The van der Waals surface area contributed by atoms with Crippen LogP contribution >= 0.6 is 0 Å². The minimum Gasteiger partial charge on any atom is -0.318 e. The fourth-order valence-corrected chi connectivity index (χ4v) is 2.45. The van der Waals surface area contributed by atoms with Crippen LogP contribution in [-0.4, -0.2) is 11.7 Å². The Hall–Kier alpha value is -2.16. The number of hydrogen-bond donors (Lipinski definition) is 0. The minimum atomic E-state index is -0.379. The Morgan fingerprint density at radius 2 is 2.00 bits per heavy atom. The molecule has 0 atom stereocenters. The number of benzene rings is 2. The van der Waals surface area contributed by atoms with Gasteiger partial charge >= 0.3 is 5.97 Å². The van der Waals surface area contributed by atoms with Gasteiger partial charge in [0.15, 0.2) is 0 Å². The van der Waals surface area contributed by atoms with Crippen LogP contribution in [0.5, 0.6) is 0 Å². The molecule has 3 rings (SSSR count). The molecular weight excluding hydrogens is 226 g/mol. The molecule has 3 nitrogen and oxygen atoms in total. The van der Waals surface area contributed by atoms with Crippen molar-refractivity contribution >= 4 is 22.5 Å². The molecule has 0 radical (unpaired) electrons. The monoisotopic (exact) mass is 239 g/mol. The molecule has 90 valence electrons. The largest absolute Gasteiger partial charge is 0.331 e. The van der Waals surface area contributed by atoms with Gasteiger partial charge in [-0.05, 0) is 29.2 Å². The van der Waals surface area contributed by atoms with Crippen molar-refractivity contribution in [1.29, 1.82) is 0 Å². The summed E-state index contributed by atoms with van der Waals surface area (Å²) in [5.41, 5.74) is 3.28. The van der Waals surface area contributed by atoms with E-state index in [1.165, 1.54) is 23.3 Å². The zero-order chi connectivity index (χ0) is 12.5. The van der Waals surface area contributed by atoms with Gasteiger partial charge in [0, 0.05) is 12.5 Å². The molecular formula is C15H13NO2. The molecule has 0 bridgehead atoms. The lowest BCUT2D eigenvalue weighted by atomic mass is 10.0. The Balaban J connectivity index is 2.16. The van der Waals surface area contributed by atoms with Crippen molar-refractivity contribution < 1.29 is 9.63 Å². The van der Waals surface area contributed by atoms with Crippen molar-refractivity contribution in [3.63, 3.8) is 0 Å². The van der Waals surface area contributed by atoms with Crippen molar-refractivity contribution in [2.75, 3.05) is 0 Å². The number of carbonyl (C=O) groups excluding carboxylic acids is 1. The Morgan fingerprint density at radius 3 is 2.83 bits per heavy atom. The highest BCUT2D eigenvalue weighted by Gasteiger charge is 2.21. The van der Waals surface area contributed by atoms with Gasteiger partial charge < -0.3 is 4.84 Å². The molecule has 0 saturated carbocycles. The highest BCUT2D eigenvalue weighted by molar-refractivity contribution is 6.14. The van der Waals surface area contributed by atoms with E-state index in [4.69, 9.17) is 4.84 Å². The van der Waals surface area contributed by atoms with Crippen molar-refractivity contribution in [3.05, 3.63) is 47.5 Å². The van der Waals surface area contributed by atoms with Gasteiger partial charge in [0.1, 0.15) is 0 Å². The molecule has 1 aliphatic carbocycles. The molecule has 0 fully saturated rings.